The Bertz CT molecular complexity index is 891. The van der Waals surface area contributed by atoms with Crippen molar-refractivity contribution >= 4 is 11.6 Å². The van der Waals surface area contributed by atoms with E-state index in [9.17, 15) is 14.0 Å². The van der Waals surface area contributed by atoms with Crippen molar-refractivity contribution in [2.45, 2.75) is 0 Å². The third-order valence-electron chi connectivity index (χ3n) is 3.69. The molecule has 22 heavy (non-hydrogen) atoms. The third-order valence-corrected chi connectivity index (χ3v) is 3.69. The fraction of sp³-hybridized carbons (Fsp3) is 0. The van der Waals surface area contributed by atoms with E-state index < -0.39 is 5.82 Å². The summed E-state index contributed by atoms with van der Waals surface area (Å²) in [6, 6.07) is 12.7. The van der Waals surface area contributed by atoms with Crippen molar-refractivity contribution < 1.29 is 14.0 Å². The molecule has 0 radical (unpaired) electrons. The quantitative estimate of drug-likeness (QED) is 0.586. The number of aromatic nitrogens is 2. The molecule has 2 aromatic carbocycles. The van der Waals surface area contributed by atoms with E-state index in [1.807, 2.05) is 0 Å². The first-order valence-corrected chi connectivity index (χ1v) is 6.70. The van der Waals surface area contributed by atoms with Crippen LogP contribution in [0.25, 0.3) is 11.4 Å². The molecular formula is C17H9FN2O2. The highest BCUT2D eigenvalue weighted by Gasteiger charge is 2.33. The topological polar surface area (TPSA) is 62.8 Å². The highest BCUT2D eigenvalue weighted by atomic mass is 19.1. The van der Waals surface area contributed by atoms with E-state index in [-0.39, 0.29) is 34.3 Å². The van der Waals surface area contributed by atoms with Gasteiger partial charge in [0.15, 0.2) is 0 Å². The molecule has 5 heteroatoms. The van der Waals surface area contributed by atoms with E-state index in [2.05, 4.69) is 9.97 Å². The van der Waals surface area contributed by atoms with Crippen molar-refractivity contribution in [3.8, 4) is 11.4 Å². The number of fused-ring (bicyclic) bond motifs is 2. The smallest absolute Gasteiger partial charge is 0.214 e. The summed E-state index contributed by atoms with van der Waals surface area (Å²) in [5, 5.41) is 0. The molecule has 0 saturated carbocycles. The van der Waals surface area contributed by atoms with E-state index in [1.54, 1.807) is 42.5 Å². The molecule has 1 heterocycles. The maximum Gasteiger partial charge on any atom is 0.214 e. The fourth-order valence-corrected chi connectivity index (χ4v) is 2.62. The first-order chi connectivity index (χ1) is 10.7. The zero-order valence-corrected chi connectivity index (χ0v) is 11.3. The molecule has 1 N–H and O–H groups in total. The van der Waals surface area contributed by atoms with Gasteiger partial charge in [0.05, 0.1) is 5.56 Å². The molecule has 0 atom stereocenters. The second kappa shape index (κ2) is 4.46. The van der Waals surface area contributed by atoms with Gasteiger partial charge in [-0.2, -0.15) is 0 Å². The molecule has 106 valence electrons. The van der Waals surface area contributed by atoms with Crippen molar-refractivity contribution in [2.75, 3.05) is 0 Å². The van der Waals surface area contributed by atoms with Crippen LogP contribution in [0.2, 0.25) is 0 Å². The molecular weight excluding hydrogens is 283 g/mol. The van der Waals surface area contributed by atoms with Crippen molar-refractivity contribution in [2.24, 2.45) is 0 Å². The van der Waals surface area contributed by atoms with Gasteiger partial charge in [-0.3, -0.25) is 9.59 Å². The van der Waals surface area contributed by atoms with E-state index >= 15 is 0 Å². The maximum absolute atomic E-state index is 13.9. The van der Waals surface area contributed by atoms with Crippen LogP contribution in [-0.4, -0.2) is 21.5 Å². The molecule has 0 fully saturated rings. The molecule has 3 aromatic rings. The number of H-pyrrole nitrogens is 1. The summed E-state index contributed by atoms with van der Waals surface area (Å²) in [6.45, 7) is 0. The second-order valence-corrected chi connectivity index (χ2v) is 4.99. The normalized spacial score (nSPS) is 13.0. The van der Waals surface area contributed by atoms with Crippen molar-refractivity contribution in [1.82, 2.24) is 9.97 Å². The zero-order valence-electron chi connectivity index (χ0n) is 11.3. The Morgan fingerprint density at radius 2 is 1.41 bits per heavy atom. The minimum atomic E-state index is -0.467. The number of carbonyl (C=O) groups excluding carboxylic acids is 2. The molecule has 0 spiro atoms. The maximum atomic E-state index is 13.9. The van der Waals surface area contributed by atoms with Gasteiger partial charge in [-0.05, 0) is 12.1 Å². The van der Waals surface area contributed by atoms with Crippen LogP contribution in [0.5, 0.6) is 0 Å². The van der Waals surface area contributed by atoms with Crippen LogP contribution in [0.3, 0.4) is 0 Å². The largest absolute Gasteiger partial charge is 0.335 e. The molecule has 0 unspecified atom stereocenters. The van der Waals surface area contributed by atoms with Gasteiger partial charge in [-0.1, -0.05) is 36.4 Å². The Morgan fingerprint density at radius 1 is 0.818 bits per heavy atom. The number of halogens is 1. The zero-order chi connectivity index (χ0) is 15.3. The Labute approximate surface area is 124 Å². The second-order valence-electron chi connectivity index (χ2n) is 4.99. The minimum Gasteiger partial charge on any atom is -0.335 e. The number of benzene rings is 2. The molecule has 0 saturated heterocycles. The number of nitrogens with zero attached hydrogens (tertiary/aromatic N) is 1. The van der Waals surface area contributed by atoms with Crippen LogP contribution in [-0.2, 0) is 0 Å². The first kappa shape index (κ1) is 12.6. The Kier molecular flexibility index (Phi) is 2.56. The molecule has 4 nitrogen and oxygen atoms in total. The highest BCUT2D eigenvalue weighted by Crippen LogP contribution is 2.29. The van der Waals surface area contributed by atoms with Crippen LogP contribution >= 0.6 is 0 Å². The lowest BCUT2D eigenvalue weighted by Gasteiger charge is -2.11. The Morgan fingerprint density at radius 3 is 2.09 bits per heavy atom. The van der Waals surface area contributed by atoms with Gasteiger partial charge in [0.25, 0.3) is 0 Å². The van der Waals surface area contributed by atoms with Crippen LogP contribution in [0, 0.1) is 5.82 Å². The molecule has 1 aliphatic rings. The number of hydrogen-bond donors (Lipinski definition) is 1. The van der Waals surface area contributed by atoms with E-state index in [4.69, 9.17) is 0 Å². The monoisotopic (exact) mass is 292 g/mol. The average Bonchev–Trinajstić information content (AvgIpc) is 2.98. The van der Waals surface area contributed by atoms with Gasteiger partial charge >= 0.3 is 0 Å². The number of hydrogen-bond acceptors (Lipinski definition) is 3. The van der Waals surface area contributed by atoms with Crippen molar-refractivity contribution in [3.05, 3.63) is 76.9 Å². The highest BCUT2D eigenvalue weighted by molar-refractivity contribution is 6.27. The Balaban J connectivity index is 1.93. The van der Waals surface area contributed by atoms with E-state index in [0.29, 0.717) is 11.1 Å². The average molecular weight is 292 g/mol. The molecule has 4 rings (SSSR count). The van der Waals surface area contributed by atoms with Crippen LogP contribution < -0.4 is 0 Å². The predicted molar refractivity (Wildman–Crippen MR) is 77.3 cm³/mol. The first-order valence-electron chi connectivity index (χ1n) is 6.70. The van der Waals surface area contributed by atoms with Gasteiger partial charge in [0.1, 0.15) is 23.0 Å². The van der Waals surface area contributed by atoms with Gasteiger partial charge in [0, 0.05) is 11.1 Å². The number of ketones is 2. The summed E-state index contributed by atoms with van der Waals surface area (Å²) < 4.78 is 13.9. The summed E-state index contributed by atoms with van der Waals surface area (Å²) in [5.41, 5.74) is 1.04. The third kappa shape index (κ3) is 1.65. The molecule has 1 aromatic heterocycles. The van der Waals surface area contributed by atoms with Gasteiger partial charge in [-0.15, -0.1) is 0 Å². The summed E-state index contributed by atoms with van der Waals surface area (Å²) >= 11 is 0. The Hall–Kier alpha value is -3.08. The molecule has 0 amide bonds. The lowest BCUT2D eigenvalue weighted by atomic mass is 9.90. The summed E-state index contributed by atoms with van der Waals surface area (Å²) in [6.07, 6.45) is 0. The van der Waals surface area contributed by atoms with Gasteiger partial charge < -0.3 is 4.98 Å². The minimum absolute atomic E-state index is 0.0435. The number of aromatic amines is 1. The standard InChI is InChI=1S/C17H9FN2O2/c18-12-8-4-3-7-11(12)17-19-13-14(20-17)16(22)10-6-2-1-5-9(10)15(13)21/h1-8H,(H,19,20). The van der Waals surface area contributed by atoms with Crippen LogP contribution in [0.1, 0.15) is 32.1 Å². The van der Waals surface area contributed by atoms with Gasteiger partial charge in [-0.25, -0.2) is 9.37 Å². The lowest BCUT2D eigenvalue weighted by molar-refractivity contribution is 0.0974. The van der Waals surface area contributed by atoms with Crippen LogP contribution in [0.4, 0.5) is 4.39 Å². The summed E-state index contributed by atoms with van der Waals surface area (Å²) in [5.74, 6) is -0.923. The number of rotatable bonds is 1. The van der Waals surface area contributed by atoms with E-state index in [1.165, 1.54) is 6.07 Å². The number of imidazole rings is 1. The number of carbonyl (C=O) groups is 2. The molecule has 0 aliphatic heterocycles. The van der Waals surface area contributed by atoms with E-state index in [0.717, 1.165) is 0 Å². The van der Waals surface area contributed by atoms with Crippen molar-refractivity contribution in [3.63, 3.8) is 0 Å². The fourth-order valence-electron chi connectivity index (χ4n) is 2.62. The lowest BCUT2D eigenvalue weighted by Crippen LogP contribution is -2.20. The van der Waals surface area contributed by atoms with Crippen LogP contribution in [0.15, 0.2) is 48.5 Å². The predicted octanol–water partition coefficient (Wildman–Crippen LogP) is 2.99. The molecule has 1 aliphatic carbocycles. The molecule has 0 bridgehead atoms. The number of nitrogens with one attached hydrogen (secondary N) is 1. The summed E-state index contributed by atoms with van der Waals surface area (Å²) in [4.78, 5) is 31.9. The SMILES string of the molecule is O=C1c2ccccc2C(=O)c2[nH]c(-c3ccccc3F)nc21. The summed E-state index contributed by atoms with van der Waals surface area (Å²) in [7, 11) is 0. The van der Waals surface area contributed by atoms with Crippen molar-refractivity contribution in [1.29, 1.82) is 0 Å². The van der Waals surface area contributed by atoms with Gasteiger partial charge in [0.2, 0.25) is 11.6 Å².